The molecule has 0 saturated carbocycles. The summed E-state index contributed by atoms with van der Waals surface area (Å²) in [4.78, 5) is 26.9. The van der Waals surface area contributed by atoms with Gasteiger partial charge < -0.3 is 9.47 Å². The summed E-state index contributed by atoms with van der Waals surface area (Å²) in [5, 5.41) is -0.276. The first-order valence-electron chi connectivity index (χ1n) is 9.31. The molecule has 5 nitrogen and oxygen atoms in total. The molecule has 2 amide bonds. The van der Waals surface area contributed by atoms with Crippen LogP contribution < -0.4 is 9.47 Å². The highest BCUT2D eigenvalue weighted by atomic mass is 79.9. The van der Waals surface area contributed by atoms with Crippen LogP contribution in [0.25, 0.3) is 6.08 Å². The molecule has 1 fully saturated rings. The van der Waals surface area contributed by atoms with Crippen LogP contribution in [0.5, 0.6) is 11.5 Å². The highest BCUT2D eigenvalue weighted by Gasteiger charge is 2.35. The normalized spacial score (nSPS) is 15.5. The number of hydrogen-bond acceptors (Lipinski definition) is 5. The molecular weight excluding hydrogens is 454 g/mol. The van der Waals surface area contributed by atoms with Crippen LogP contribution in [0.4, 0.5) is 4.79 Å². The molecule has 0 aliphatic carbocycles. The Hall–Kier alpha value is -2.25. The zero-order valence-electron chi connectivity index (χ0n) is 16.5. The van der Waals surface area contributed by atoms with E-state index in [0.717, 1.165) is 27.4 Å². The standard InChI is InChI=1S/C22H22BrNO4S/c1-4-27-19-11-15(9-10-18(19)28-14(2)3)12-20-21(25)24(22(26)29-20)13-16-7-5-6-8-17(16)23/h5-12,14H,4,13H2,1-3H3/b20-12-. The number of amides is 2. The first kappa shape index (κ1) is 21.5. The predicted octanol–water partition coefficient (Wildman–Crippen LogP) is 5.87. The summed E-state index contributed by atoms with van der Waals surface area (Å²) >= 11 is 4.41. The van der Waals surface area contributed by atoms with E-state index in [1.165, 1.54) is 4.90 Å². The predicted molar refractivity (Wildman–Crippen MR) is 119 cm³/mol. The van der Waals surface area contributed by atoms with Crippen LogP contribution in [0, 0.1) is 0 Å². The van der Waals surface area contributed by atoms with Gasteiger partial charge in [-0.05, 0) is 67.9 Å². The summed E-state index contributed by atoms with van der Waals surface area (Å²) < 4.78 is 12.3. The number of rotatable bonds is 7. The number of halogens is 1. The van der Waals surface area contributed by atoms with E-state index in [0.29, 0.717) is 23.0 Å². The Morgan fingerprint density at radius 2 is 1.90 bits per heavy atom. The first-order chi connectivity index (χ1) is 13.9. The Morgan fingerprint density at radius 1 is 1.14 bits per heavy atom. The van der Waals surface area contributed by atoms with Gasteiger partial charge in [0, 0.05) is 4.47 Å². The minimum absolute atomic E-state index is 0.0221. The highest BCUT2D eigenvalue weighted by molar-refractivity contribution is 9.10. The third kappa shape index (κ3) is 5.22. The number of benzene rings is 2. The average Bonchev–Trinajstić information content (AvgIpc) is 2.93. The molecule has 1 aliphatic heterocycles. The van der Waals surface area contributed by atoms with Crippen LogP contribution in [0.2, 0.25) is 0 Å². The molecule has 0 atom stereocenters. The lowest BCUT2D eigenvalue weighted by Crippen LogP contribution is -2.27. The summed E-state index contributed by atoms with van der Waals surface area (Å²) in [6.45, 7) is 6.53. The molecule has 0 N–H and O–H groups in total. The van der Waals surface area contributed by atoms with Crippen LogP contribution in [0.15, 0.2) is 51.8 Å². The SMILES string of the molecule is CCOc1cc(/C=C2\SC(=O)N(Cc3ccccc3Br)C2=O)ccc1OC(C)C. The first-order valence-corrected chi connectivity index (χ1v) is 10.9. The second kappa shape index (κ2) is 9.50. The quantitative estimate of drug-likeness (QED) is 0.468. The van der Waals surface area contributed by atoms with E-state index in [2.05, 4.69) is 15.9 Å². The number of nitrogens with zero attached hydrogens (tertiary/aromatic N) is 1. The lowest BCUT2D eigenvalue weighted by atomic mass is 10.1. The summed E-state index contributed by atoms with van der Waals surface area (Å²) in [6.07, 6.45) is 1.74. The summed E-state index contributed by atoms with van der Waals surface area (Å²) in [5.41, 5.74) is 1.65. The Morgan fingerprint density at radius 3 is 2.59 bits per heavy atom. The van der Waals surface area contributed by atoms with Crippen LogP contribution in [0.1, 0.15) is 31.9 Å². The third-order valence-electron chi connectivity index (χ3n) is 4.09. The lowest BCUT2D eigenvalue weighted by molar-refractivity contribution is -0.123. The monoisotopic (exact) mass is 475 g/mol. The van der Waals surface area contributed by atoms with Crippen LogP contribution in [-0.2, 0) is 11.3 Å². The number of carbonyl (C=O) groups excluding carboxylic acids is 2. The van der Waals surface area contributed by atoms with Crippen LogP contribution in [0.3, 0.4) is 0 Å². The van der Waals surface area contributed by atoms with E-state index in [1.807, 2.05) is 63.2 Å². The zero-order chi connectivity index (χ0) is 21.0. The Balaban J connectivity index is 1.83. The zero-order valence-corrected chi connectivity index (χ0v) is 18.9. The van der Waals surface area contributed by atoms with Gasteiger partial charge in [0.1, 0.15) is 0 Å². The Bertz CT molecular complexity index is 958. The summed E-state index contributed by atoms with van der Waals surface area (Å²) in [7, 11) is 0. The number of carbonyl (C=O) groups is 2. The second-order valence-electron chi connectivity index (χ2n) is 6.67. The van der Waals surface area contributed by atoms with E-state index >= 15 is 0 Å². The van der Waals surface area contributed by atoms with E-state index in [1.54, 1.807) is 6.08 Å². The smallest absolute Gasteiger partial charge is 0.293 e. The Kier molecular flexibility index (Phi) is 7.03. The minimum Gasteiger partial charge on any atom is -0.490 e. The average molecular weight is 476 g/mol. The molecule has 1 saturated heterocycles. The van der Waals surface area contributed by atoms with Crippen molar-refractivity contribution in [2.75, 3.05) is 6.61 Å². The molecular formula is C22H22BrNO4S. The molecule has 2 aromatic rings. The largest absolute Gasteiger partial charge is 0.490 e. The number of imide groups is 1. The number of ether oxygens (including phenoxy) is 2. The maximum absolute atomic E-state index is 12.8. The molecule has 2 aromatic carbocycles. The van der Waals surface area contributed by atoms with Gasteiger partial charge in [-0.3, -0.25) is 14.5 Å². The molecule has 0 bridgehead atoms. The second-order valence-corrected chi connectivity index (χ2v) is 8.51. The van der Waals surface area contributed by atoms with Gasteiger partial charge in [-0.15, -0.1) is 0 Å². The summed E-state index contributed by atoms with van der Waals surface area (Å²) in [5.74, 6) is 0.972. The molecule has 1 heterocycles. The van der Waals surface area contributed by atoms with Gasteiger partial charge in [0.05, 0.1) is 24.2 Å². The number of hydrogen-bond donors (Lipinski definition) is 0. The topological polar surface area (TPSA) is 55.8 Å². The van der Waals surface area contributed by atoms with Gasteiger partial charge >= 0.3 is 0 Å². The molecule has 3 rings (SSSR count). The fraction of sp³-hybridized carbons (Fsp3) is 0.273. The third-order valence-corrected chi connectivity index (χ3v) is 5.77. The lowest BCUT2D eigenvalue weighted by Gasteiger charge is -2.15. The fourth-order valence-corrected chi connectivity index (χ4v) is 4.07. The van der Waals surface area contributed by atoms with Crippen molar-refractivity contribution in [1.29, 1.82) is 0 Å². The maximum Gasteiger partial charge on any atom is 0.293 e. The summed E-state index contributed by atoms with van der Waals surface area (Å²) in [6, 6.07) is 13.0. The molecule has 0 unspecified atom stereocenters. The van der Waals surface area contributed by atoms with Gasteiger partial charge in [-0.2, -0.15) is 0 Å². The van der Waals surface area contributed by atoms with Gasteiger partial charge in [-0.1, -0.05) is 40.2 Å². The molecule has 0 aromatic heterocycles. The van der Waals surface area contributed by atoms with E-state index in [4.69, 9.17) is 9.47 Å². The molecule has 0 spiro atoms. The molecule has 1 aliphatic rings. The Labute approximate surface area is 183 Å². The van der Waals surface area contributed by atoms with E-state index in [-0.39, 0.29) is 23.8 Å². The number of thioether (sulfide) groups is 1. The molecule has 152 valence electrons. The van der Waals surface area contributed by atoms with Gasteiger partial charge in [-0.25, -0.2) is 0 Å². The van der Waals surface area contributed by atoms with Crippen molar-refractivity contribution in [2.45, 2.75) is 33.4 Å². The van der Waals surface area contributed by atoms with Crippen molar-refractivity contribution in [2.24, 2.45) is 0 Å². The fourth-order valence-electron chi connectivity index (χ4n) is 2.82. The van der Waals surface area contributed by atoms with E-state index in [9.17, 15) is 9.59 Å². The van der Waals surface area contributed by atoms with Crippen molar-refractivity contribution < 1.29 is 19.1 Å². The minimum atomic E-state index is -0.295. The van der Waals surface area contributed by atoms with Crippen molar-refractivity contribution in [1.82, 2.24) is 4.90 Å². The maximum atomic E-state index is 12.8. The van der Waals surface area contributed by atoms with E-state index < -0.39 is 0 Å². The van der Waals surface area contributed by atoms with Crippen molar-refractivity contribution in [3.8, 4) is 11.5 Å². The van der Waals surface area contributed by atoms with Crippen molar-refractivity contribution >= 4 is 44.9 Å². The van der Waals surface area contributed by atoms with Gasteiger partial charge in [0.2, 0.25) is 0 Å². The highest BCUT2D eigenvalue weighted by Crippen LogP contribution is 2.36. The van der Waals surface area contributed by atoms with Crippen LogP contribution >= 0.6 is 27.7 Å². The molecule has 7 heteroatoms. The molecule has 0 radical (unpaired) electrons. The van der Waals surface area contributed by atoms with Crippen molar-refractivity contribution in [3.05, 3.63) is 63.0 Å². The van der Waals surface area contributed by atoms with Gasteiger partial charge in [0.15, 0.2) is 11.5 Å². The molecule has 29 heavy (non-hydrogen) atoms. The van der Waals surface area contributed by atoms with Crippen molar-refractivity contribution in [3.63, 3.8) is 0 Å². The van der Waals surface area contributed by atoms with Gasteiger partial charge in [0.25, 0.3) is 11.1 Å². The van der Waals surface area contributed by atoms with Crippen LogP contribution in [-0.4, -0.2) is 28.8 Å².